The number of aryl methyl sites for hydroxylation is 1. The molecule has 30 heavy (non-hydrogen) atoms. The van der Waals surface area contributed by atoms with E-state index in [0.717, 1.165) is 12.1 Å². The highest BCUT2D eigenvalue weighted by Gasteiger charge is 2.37. The summed E-state index contributed by atoms with van der Waals surface area (Å²) < 4.78 is 39.4. The van der Waals surface area contributed by atoms with Crippen molar-refractivity contribution in [1.29, 1.82) is 0 Å². The number of benzene rings is 1. The lowest BCUT2D eigenvalue weighted by Gasteiger charge is -2.37. The van der Waals surface area contributed by atoms with Crippen LogP contribution in [0.5, 0.6) is 0 Å². The molecule has 0 aliphatic carbocycles. The second-order valence-electron chi connectivity index (χ2n) is 6.88. The Morgan fingerprint density at radius 2 is 2.03 bits per heavy atom. The molecule has 11 heteroatoms. The highest BCUT2D eigenvalue weighted by Crippen LogP contribution is 2.37. The lowest BCUT2D eigenvalue weighted by molar-refractivity contribution is -0.137. The van der Waals surface area contributed by atoms with Gasteiger partial charge in [0.05, 0.1) is 45.5 Å². The van der Waals surface area contributed by atoms with Crippen LogP contribution in [-0.2, 0) is 6.18 Å². The Morgan fingerprint density at radius 3 is 2.67 bits per heavy atom. The fourth-order valence-corrected chi connectivity index (χ4v) is 3.60. The van der Waals surface area contributed by atoms with Crippen LogP contribution in [0.2, 0.25) is 5.02 Å². The van der Waals surface area contributed by atoms with E-state index in [1.54, 1.807) is 20.0 Å². The molecule has 3 rings (SSSR count). The molecule has 0 saturated heterocycles. The molecule has 4 N–H and O–H groups in total. The van der Waals surface area contributed by atoms with Gasteiger partial charge in [-0.2, -0.15) is 13.2 Å². The fourth-order valence-electron chi connectivity index (χ4n) is 3.29. The molecule has 1 aliphatic rings. The summed E-state index contributed by atoms with van der Waals surface area (Å²) in [6, 6.07) is 2.63. The summed E-state index contributed by atoms with van der Waals surface area (Å²) in [5.41, 5.74) is 6.49. The minimum absolute atomic E-state index is 0.190. The molecular formula is C19H20ClF3N6O. The molecule has 1 aliphatic heterocycles. The molecule has 0 saturated carbocycles. The molecule has 2 aromatic rings. The molecule has 1 aromatic carbocycles. The number of hydrogen-bond acceptors (Lipinski definition) is 6. The molecule has 0 spiro atoms. The molecule has 0 fully saturated rings. The number of carbonyl (C=O) groups is 1. The number of nitrogens with zero attached hydrogens (tertiary/aromatic N) is 4. The predicted molar refractivity (Wildman–Crippen MR) is 106 cm³/mol. The maximum Gasteiger partial charge on any atom is 0.417 e. The van der Waals surface area contributed by atoms with Gasteiger partial charge in [0.25, 0.3) is 5.91 Å². The van der Waals surface area contributed by atoms with Gasteiger partial charge in [-0.1, -0.05) is 17.7 Å². The number of hydrazine groups is 1. The summed E-state index contributed by atoms with van der Waals surface area (Å²) in [4.78, 5) is 22.7. The number of rotatable bonds is 3. The van der Waals surface area contributed by atoms with Gasteiger partial charge in [-0.25, -0.2) is 10.8 Å². The smallest absolute Gasteiger partial charge is 0.399 e. The third-order valence-corrected chi connectivity index (χ3v) is 5.32. The summed E-state index contributed by atoms with van der Waals surface area (Å²) in [6.07, 6.45) is -1.32. The van der Waals surface area contributed by atoms with Crippen LogP contribution in [0.15, 0.2) is 42.0 Å². The summed E-state index contributed by atoms with van der Waals surface area (Å²) in [6.45, 7) is 3.63. The van der Waals surface area contributed by atoms with Crippen molar-refractivity contribution < 1.29 is 18.0 Å². The standard InChI is InChI=1S/C19H20ClF3N6O/c1-10-8-26-9-15(27-10)29(25)14-6-7-28(11(2)17(14)24)18(30)12-4-3-5-13(16(12)20)19(21,22)23/h3-5,8-9,11H,6-7,24-25H2,1-2H3. The molecule has 0 radical (unpaired) electrons. The summed E-state index contributed by atoms with van der Waals surface area (Å²) in [7, 11) is 0. The van der Waals surface area contributed by atoms with Crippen molar-refractivity contribution in [3.63, 3.8) is 0 Å². The van der Waals surface area contributed by atoms with E-state index in [4.69, 9.17) is 23.2 Å². The van der Waals surface area contributed by atoms with E-state index in [1.807, 2.05) is 0 Å². The maximum atomic E-state index is 13.1. The van der Waals surface area contributed by atoms with E-state index in [0.29, 0.717) is 22.9 Å². The Balaban J connectivity index is 1.90. The molecule has 1 aromatic heterocycles. The van der Waals surface area contributed by atoms with Gasteiger partial charge in [0.1, 0.15) is 0 Å². The fraction of sp³-hybridized carbons (Fsp3) is 0.316. The Labute approximate surface area is 176 Å². The average Bonchev–Trinajstić information content (AvgIpc) is 2.68. The maximum absolute atomic E-state index is 13.1. The van der Waals surface area contributed by atoms with Gasteiger partial charge in [0.15, 0.2) is 5.82 Å². The van der Waals surface area contributed by atoms with E-state index in [1.165, 1.54) is 22.2 Å². The number of aromatic nitrogens is 2. The van der Waals surface area contributed by atoms with Gasteiger partial charge >= 0.3 is 6.18 Å². The van der Waals surface area contributed by atoms with Gasteiger partial charge < -0.3 is 10.6 Å². The zero-order chi connectivity index (χ0) is 22.2. The van der Waals surface area contributed by atoms with E-state index >= 15 is 0 Å². The number of anilines is 1. The van der Waals surface area contributed by atoms with E-state index in [-0.39, 0.29) is 18.5 Å². The highest BCUT2D eigenvalue weighted by molar-refractivity contribution is 6.34. The van der Waals surface area contributed by atoms with Crippen LogP contribution in [0.4, 0.5) is 19.0 Å². The Hall–Kier alpha value is -2.85. The normalized spacial score (nSPS) is 17.3. The first-order valence-electron chi connectivity index (χ1n) is 9.01. The SMILES string of the molecule is Cc1cncc(N(N)C2=C(N)C(C)N(C(=O)c3cccc(C(F)(F)F)c3Cl)CC2)n1. The number of carbonyl (C=O) groups excluding carboxylic acids is 1. The number of halogens is 4. The zero-order valence-corrected chi connectivity index (χ0v) is 17.0. The van der Waals surface area contributed by atoms with Crippen molar-refractivity contribution >= 4 is 23.3 Å². The van der Waals surface area contributed by atoms with Crippen LogP contribution < -0.4 is 16.6 Å². The number of hydrogen-bond donors (Lipinski definition) is 2. The molecule has 2 heterocycles. The third kappa shape index (κ3) is 4.05. The van der Waals surface area contributed by atoms with Crippen LogP contribution in [0, 0.1) is 6.92 Å². The first-order chi connectivity index (χ1) is 14.0. The van der Waals surface area contributed by atoms with E-state index in [2.05, 4.69) is 9.97 Å². The Bertz CT molecular complexity index is 1010. The van der Waals surface area contributed by atoms with Crippen molar-refractivity contribution in [1.82, 2.24) is 14.9 Å². The topological polar surface area (TPSA) is 101 Å². The molecule has 1 amide bonds. The largest absolute Gasteiger partial charge is 0.417 e. The van der Waals surface area contributed by atoms with Crippen LogP contribution in [-0.4, -0.2) is 33.4 Å². The molecule has 1 atom stereocenters. The van der Waals surface area contributed by atoms with Crippen LogP contribution in [0.25, 0.3) is 0 Å². The van der Waals surface area contributed by atoms with Gasteiger partial charge in [-0.15, -0.1) is 0 Å². The summed E-state index contributed by atoms with van der Waals surface area (Å²) in [5.74, 6) is 5.91. The predicted octanol–water partition coefficient (Wildman–Crippen LogP) is 3.24. The van der Waals surface area contributed by atoms with Gasteiger partial charge in [-0.05, 0) is 26.0 Å². The van der Waals surface area contributed by atoms with Crippen molar-refractivity contribution in [2.75, 3.05) is 11.6 Å². The summed E-state index contributed by atoms with van der Waals surface area (Å²) in [5, 5.41) is 0.677. The number of nitrogens with two attached hydrogens (primary N) is 2. The second kappa shape index (κ2) is 8.11. The lowest BCUT2D eigenvalue weighted by atomic mass is 10.0. The molecular weight excluding hydrogens is 421 g/mol. The monoisotopic (exact) mass is 440 g/mol. The molecule has 0 bridgehead atoms. The number of alkyl halides is 3. The van der Waals surface area contributed by atoms with Crippen LogP contribution in [0.1, 0.15) is 35.0 Å². The van der Waals surface area contributed by atoms with Crippen LogP contribution >= 0.6 is 11.6 Å². The molecule has 160 valence electrons. The van der Waals surface area contributed by atoms with E-state index < -0.39 is 28.7 Å². The molecule has 7 nitrogen and oxygen atoms in total. The van der Waals surface area contributed by atoms with Crippen molar-refractivity contribution in [2.24, 2.45) is 11.6 Å². The van der Waals surface area contributed by atoms with Crippen molar-refractivity contribution in [3.8, 4) is 0 Å². The van der Waals surface area contributed by atoms with Crippen molar-refractivity contribution in [3.05, 3.63) is 63.8 Å². The highest BCUT2D eigenvalue weighted by atomic mass is 35.5. The Kier molecular flexibility index (Phi) is 5.91. The quantitative estimate of drug-likeness (QED) is 0.561. The lowest BCUT2D eigenvalue weighted by Crippen LogP contribution is -2.49. The first kappa shape index (κ1) is 21.8. The van der Waals surface area contributed by atoms with Gasteiger partial charge in [0.2, 0.25) is 0 Å². The minimum atomic E-state index is -4.66. The summed E-state index contributed by atoms with van der Waals surface area (Å²) >= 11 is 5.91. The number of amides is 1. The van der Waals surface area contributed by atoms with Crippen molar-refractivity contribution in [2.45, 2.75) is 32.5 Å². The average molecular weight is 441 g/mol. The van der Waals surface area contributed by atoms with Gasteiger partial charge in [-0.3, -0.25) is 14.8 Å². The van der Waals surface area contributed by atoms with E-state index in [9.17, 15) is 18.0 Å². The first-order valence-corrected chi connectivity index (χ1v) is 9.38. The van der Waals surface area contributed by atoms with Crippen LogP contribution in [0.3, 0.4) is 0 Å². The Morgan fingerprint density at radius 1 is 1.33 bits per heavy atom. The zero-order valence-electron chi connectivity index (χ0n) is 16.2. The minimum Gasteiger partial charge on any atom is -0.399 e. The van der Waals surface area contributed by atoms with Gasteiger partial charge in [0, 0.05) is 19.2 Å². The second-order valence-corrected chi connectivity index (χ2v) is 7.26. The third-order valence-electron chi connectivity index (χ3n) is 4.92. The molecule has 1 unspecified atom stereocenters.